The number of unbranched alkanes of at least 4 members (excludes halogenated alkanes) is 12. The first-order valence-electron chi connectivity index (χ1n) is 26.9. The third kappa shape index (κ3) is 8.62. The smallest absolute Gasteiger partial charge is 0.0736 e. The Morgan fingerprint density at radius 2 is 0.786 bits per heavy atom. The lowest BCUT2D eigenvalue weighted by atomic mass is 9.75. The Labute approximate surface area is 416 Å². The molecule has 354 valence electrons. The summed E-state index contributed by atoms with van der Waals surface area (Å²) >= 11 is 0. The lowest BCUT2D eigenvalue weighted by Crippen LogP contribution is -2.20. The van der Waals surface area contributed by atoms with Crippen LogP contribution in [0.15, 0.2) is 121 Å². The van der Waals surface area contributed by atoms with Crippen LogP contribution < -0.4 is 0 Å². The lowest BCUT2D eigenvalue weighted by molar-refractivity contribution is 0.478. The summed E-state index contributed by atoms with van der Waals surface area (Å²) in [5.74, 6) is 0. The van der Waals surface area contributed by atoms with Crippen LogP contribution in [0.1, 0.15) is 175 Å². The second-order valence-electron chi connectivity index (χ2n) is 21.2. The molecule has 4 nitrogen and oxygen atoms in total. The molecule has 2 atom stereocenters. The van der Waals surface area contributed by atoms with Crippen molar-refractivity contribution in [1.82, 2.24) is 19.9 Å². The van der Waals surface area contributed by atoms with Gasteiger partial charge in [0, 0.05) is 44.0 Å². The molecule has 0 spiro atoms. The van der Waals surface area contributed by atoms with E-state index >= 15 is 0 Å². The number of nitrogens with one attached hydrogen (secondary N) is 2. The summed E-state index contributed by atoms with van der Waals surface area (Å²) in [5.41, 5.74) is 23.6. The third-order valence-corrected chi connectivity index (χ3v) is 16.4. The minimum Gasteiger partial charge on any atom is -0.355 e. The molecule has 4 aromatic carbocycles. The number of hydrogen-bond acceptors (Lipinski definition) is 2. The van der Waals surface area contributed by atoms with Crippen molar-refractivity contribution in [2.24, 2.45) is 0 Å². The van der Waals surface area contributed by atoms with Gasteiger partial charge in [0.15, 0.2) is 0 Å². The molecule has 3 aromatic heterocycles. The van der Waals surface area contributed by atoms with E-state index in [0.717, 1.165) is 68.8 Å². The third-order valence-electron chi connectivity index (χ3n) is 16.4. The molecule has 0 saturated carbocycles. The number of nitrogens with zero attached hydrogens (tertiary/aromatic N) is 2. The second kappa shape index (κ2) is 19.7. The first kappa shape index (κ1) is 45.9. The number of fused-ring (bicyclic) bond motifs is 14. The van der Waals surface area contributed by atoms with Crippen LogP contribution in [0.4, 0.5) is 0 Å². The van der Waals surface area contributed by atoms with Gasteiger partial charge in [-0.2, -0.15) is 0 Å². The Bertz CT molecular complexity index is 3300. The molecule has 8 bridgehead atoms. The van der Waals surface area contributed by atoms with Crippen LogP contribution in [-0.4, -0.2) is 19.9 Å². The predicted molar refractivity (Wildman–Crippen MR) is 299 cm³/mol. The Morgan fingerprint density at radius 3 is 1.23 bits per heavy atom. The zero-order chi connectivity index (χ0) is 47.7. The highest BCUT2D eigenvalue weighted by Crippen LogP contribution is 2.54. The van der Waals surface area contributed by atoms with Crippen molar-refractivity contribution in [2.75, 3.05) is 0 Å². The average Bonchev–Trinajstić information content (AvgIpc) is 4.27. The van der Waals surface area contributed by atoms with Gasteiger partial charge in [-0.25, -0.2) is 9.97 Å². The van der Waals surface area contributed by atoms with Crippen LogP contribution in [0.25, 0.3) is 90.9 Å². The Hall–Kier alpha value is -6.52. The van der Waals surface area contributed by atoms with Crippen molar-refractivity contribution in [3.8, 4) is 44.5 Å². The summed E-state index contributed by atoms with van der Waals surface area (Å²) < 4.78 is 0. The van der Waals surface area contributed by atoms with E-state index in [9.17, 15) is 0 Å². The lowest BCUT2D eigenvalue weighted by Gasteiger charge is -2.28. The van der Waals surface area contributed by atoms with Gasteiger partial charge in [-0.15, -0.1) is 0 Å². The molecule has 0 amide bonds. The van der Waals surface area contributed by atoms with Gasteiger partial charge < -0.3 is 9.97 Å². The maximum absolute atomic E-state index is 5.38. The average molecular weight is 919 g/mol. The summed E-state index contributed by atoms with van der Waals surface area (Å²) in [5, 5.41) is 0. The fourth-order valence-corrected chi connectivity index (χ4v) is 12.6. The topological polar surface area (TPSA) is 57.4 Å². The Morgan fingerprint density at radius 1 is 0.386 bits per heavy atom. The summed E-state index contributed by atoms with van der Waals surface area (Å²) in [6, 6.07) is 45.8. The highest BCUT2D eigenvalue weighted by atomic mass is 14.8. The van der Waals surface area contributed by atoms with Crippen molar-refractivity contribution in [3.63, 3.8) is 0 Å². The molecule has 7 aromatic rings. The fourth-order valence-electron chi connectivity index (χ4n) is 12.6. The maximum Gasteiger partial charge on any atom is 0.0736 e. The number of aromatic amines is 2. The van der Waals surface area contributed by atoms with Crippen molar-refractivity contribution in [1.29, 1.82) is 0 Å². The van der Waals surface area contributed by atoms with Gasteiger partial charge in [-0.3, -0.25) is 0 Å². The molecule has 0 fully saturated rings. The van der Waals surface area contributed by atoms with Crippen LogP contribution in [0.5, 0.6) is 0 Å². The largest absolute Gasteiger partial charge is 0.355 e. The fraction of sp³-hybridized carbons (Fsp3) is 0.333. The molecule has 11 rings (SSSR count). The van der Waals surface area contributed by atoms with Gasteiger partial charge in [0.2, 0.25) is 0 Å². The quantitative estimate of drug-likeness (QED) is 0.0843. The van der Waals surface area contributed by atoms with Crippen molar-refractivity contribution in [2.45, 2.75) is 141 Å². The van der Waals surface area contributed by atoms with Crippen LogP contribution in [0, 0.1) is 0 Å². The van der Waals surface area contributed by atoms with Crippen molar-refractivity contribution in [3.05, 3.63) is 166 Å². The van der Waals surface area contributed by atoms with Crippen LogP contribution in [0.3, 0.4) is 0 Å². The van der Waals surface area contributed by atoms with E-state index in [1.165, 1.54) is 146 Å². The summed E-state index contributed by atoms with van der Waals surface area (Å²) in [4.78, 5) is 18.4. The van der Waals surface area contributed by atoms with Crippen molar-refractivity contribution < 1.29 is 0 Å². The monoisotopic (exact) mass is 919 g/mol. The first-order valence-corrected chi connectivity index (χ1v) is 26.9. The van der Waals surface area contributed by atoms with Crippen molar-refractivity contribution >= 4 is 46.4 Å². The predicted octanol–water partition coefficient (Wildman–Crippen LogP) is 18.8. The van der Waals surface area contributed by atoms with Gasteiger partial charge in [0.25, 0.3) is 0 Å². The molecule has 70 heavy (non-hydrogen) atoms. The van der Waals surface area contributed by atoms with Crippen LogP contribution >= 0.6 is 0 Å². The maximum atomic E-state index is 5.38. The molecule has 5 heterocycles. The molecule has 0 radical (unpaired) electrons. The molecule has 0 saturated heterocycles. The number of benzene rings is 4. The van der Waals surface area contributed by atoms with Gasteiger partial charge in [-0.1, -0.05) is 190 Å². The van der Waals surface area contributed by atoms with E-state index in [1.54, 1.807) is 0 Å². The highest BCUT2D eigenvalue weighted by molar-refractivity contribution is 5.95. The van der Waals surface area contributed by atoms with E-state index in [1.807, 2.05) is 0 Å². The summed E-state index contributed by atoms with van der Waals surface area (Å²) in [7, 11) is 0. The van der Waals surface area contributed by atoms with Crippen LogP contribution in [-0.2, 0) is 10.8 Å². The number of aromatic nitrogens is 4. The normalized spacial score (nSPS) is 17.2. The minimum absolute atomic E-state index is 0.0572. The Kier molecular flexibility index (Phi) is 12.9. The first-order chi connectivity index (χ1) is 34.3. The highest BCUT2D eigenvalue weighted by Gasteiger charge is 2.40. The second-order valence-corrected chi connectivity index (χ2v) is 21.2. The van der Waals surface area contributed by atoms with E-state index in [2.05, 4.69) is 183 Å². The molecule has 2 N–H and O–H groups in total. The molecule has 2 aliphatic carbocycles. The Balaban J connectivity index is 0.986. The van der Waals surface area contributed by atoms with Gasteiger partial charge >= 0.3 is 0 Å². The molecule has 4 aliphatic rings. The standard InChI is InChI=1S/C66H70N4/c1-5-7-9-11-13-14-16-22-40-66(4)56-26-20-18-24-52(56)54-34-28-46(42-58(54)66)64-61-37-31-49(69-61)43-47-29-35-59(67-47)63(60-36-30-48(68-60)44-50-32-38-62(64)70-50)45-27-33-53-51-23-17-19-25-55(51)65(3,57(53)41-45)39-21-15-12-10-8-6-2/h17-20,23-38,41-44,67,70H,5-16,21-22,39-40H2,1-4H3. The molecule has 4 heteroatoms. The van der Waals surface area contributed by atoms with Gasteiger partial charge in [-0.05, 0) is 141 Å². The van der Waals surface area contributed by atoms with E-state index in [-0.39, 0.29) is 10.8 Å². The molecule has 2 unspecified atom stereocenters. The zero-order valence-electron chi connectivity index (χ0n) is 42.1. The molecular weight excluding hydrogens is 849 g/mol. The summed E-state index contributed by atoms with van der Waals surface area (Å²) in [6.07, 6.45) is 29.4. The minimum atomic E-state index is -0.0591. The van der Waals surface area contributed by atoms with E-state index in [0.29, 0.717) is 0 Å². The summed E-state index contributed by atoms with van der Waals surface area (Å²) in [6.45, 7) is 9.58. The number of rotatable bonds is 18. The van der Waals surface area contributed by atoms with E-state index in [4.69, 9.17) is 9.97 Å². The number of H-pyrrole nitrogens is 2. The van der Waals surface area contributed by atoms with E-state index < -0.39 is 0 Å². The van der Waals surface area contributed by atoms with Gasteiger partial charge in [0.1, 0.15) is 0 Å². The molecular formula is C66H70N4. The SMILES string of the molecule is CCCCCCCCCCC1(C)c2ccccc2-c2ccc(-c3c4nc(cc5ccc([nH]5)c(-c5ccc6c(c5)C(C)(CCCCCCCC)c5ccccc5-6)c5nc(cc6ccc3[nH]6)C=C5)C=C4)cc21. The van der Waals surface area contributed by atoms with Crippen LogP contribution in [0.2, 0.25) is 0 Å². The zero-order valence-corrected chi connectivity index (χ0v) is 42.1. The molecule has 2 aliphatic heterocycles. The van der Waals surface area contributed by atoms with Gasteiger partial charge in [0.05, 0.1) is 22.8 Å². The number of hydrogen-bond donors (Lipinski definition) is 2.